The second-order valence-corrected chi connectivity index (χ2v) is 6.50. The first-order valence-corrected chi connectivity index (χ1v) is 7.56. The lowest BCUT2D eigenvalue weighted by Crippen LogP contribution is -2.51. The van der Waals surface area contributed by atoms with Gasteiger partial charge in [-0.3, -0.25) is 4.79 Å². The van der Waals surface area contributed by atoms with Gasteiger partial charge in [-0.2, -0.15) is 4.31 Å². The summed E-state index contributed by atoms with van der Waals surface area (Å²) in [7, 11) is -3.31. The smallest absolute Gasteiger partial charge is 0.238 e. The lowest BCUT2D eigenvalue weighted by atomic mass is 10.0. The summed E-state index contributed by atoms with van der Waals surface area (Å²) < 4.78 is 24.4. The molecule has 0 aromatic heterocycles. The molecule has 0 aliphatic carbocycles. The minimum absolute atomic E-state index is 0.224. The minimum atomic E-state index is -3.31. The van der Waals surface area contributed by atoms with Crippen molar-refractivity contribution in [3.63, 3.8) is 0 Å². The van der Waals surface area contributed by atoms with E-state index in [1.807, 2.05) is 6.92 Å². The van der Waals surface area contributed by atoms with Gasteiger partial charge in [-0.15, -0.1) is 0 Å². The molecule has 1 aliphatic heterocycles. The Balaban J connectivity index is 2.71. The maximum atomic E-state index is 11.9. The summed E-state index contributed by atoms with van der Waals surface area (Å²) in [4.78, 5) is 11.9. The molecule has 1 unspecified atom stereocenters. The van der Waals surface area contributed by atoms with Gasteiger partial charge in [-0.25, -0.2) is 8.42 Å². The molecule has 0 aromatic carbocycles. The Morgan fingerprint density at radius 3 is 2.65 bits per heavy atom. The molecule has 98 valence electrons. The van der Waals surface area contributed by atoms with E-state index in [0.717, 1.165) is 24.7 Å². The molecular formula is C11H20N2O3S. The van der Waals surface area contributed by atoms with E-state index in [1.54, 1.807) is 0 Å². The van der Waals surface area contributed by atoms with Crippen molar-refractivity contribution < 1.29 is 13.2 Å². The molecule has 1 aliphatic rings. The SMILES string of the molecule is C=C(C)CNC(=O)C1CCCCN1S(C)(=O)=O. The monoisotopic (exact) mass is 260 g/mol. The fourth-order valence-corrected chi connectivity index (χ4v) is 3.04. The Morgan fingerprint density at radius 2 is 2.12 bits per heavy atom. The molecular weight excluding hydrogens is 240 g/mol. The summed E-state index contributed by atoms with van der Waals surface area (Å²) in [5.41, 5.74) is 0.847. The van der Waals surface area contributed by atoms with Gasteiger partial charge in [0.15, 0.2) is 0 Å². The van der Waals surface area contributed by atoms with Gasteiger partial charge in [0.2, 0.25) is 15.9 Å². The van der Waals surface area contributed by atoms with Gasteiger partial charge < -0.3 is 5.32 Å². The summed E-state index contributed by atoms with van der Waals surface area (Å²) in [5, 5.41) is 2.71. The molecule has 0 aromatic rings. The molecule has 1 amide bonds. The topological polar surface area (TPSA) is 66.5 Å². The van der Waals surface area contributed by atoms with Gasteiger partial charge >= 0.3 is 0 Å². The summed E-state index contributed by atoms with van der Waals surface area (Å²) in [6.45, 7) is 6.34. The first-order chi connectivity index (χ1) is 7.82. The van der Waals surface area contributed by atoms with Crippen molar-refractivity contribution in [1.29, 1.82) is 0 Å². The molecule has 1 fully saturated rings. The molecule has 1 saturated heterocycles. The number of carbonyl (C=O) groups is 1. The highest BCUT2D eigenvalue weighted by Gasteiger charge is 2.34. The zero-order valence-corrected chi connectivity index (χ0v) is 11.2. The standard InChI is InChI=1S/C11H20N2O3S/c1-9(2)8-12-11(14)10-6-4-5-7-13(10)17(3,15)16/h10H,1,4-8H2,2-3H3,(H,12,14). The number of rotatable bonds is 4. The van der Waals surface area contributed by atoms with Crippen LogP contribution in [0.3, 0.4) is 0 Å². The fraction of sp³-hybridized carbons (Fsp3) is 0.727. The summed E-state index contributed by atoms with van der Waals surface area (Å²) in [5.74, 6) is -0.224. The average Bonchev–Trinajstić information content (AvgIpc) is 2.24. The van der Waals surface area contributed by atoms with Crippen LogP contribution in [0.4, 0.5) is 0 Å². The van der Waals surface area contributed by atoms with E-state index >= 15 is 0 Å². The van der Waals surface area contributed by atoms with Crippen LogP contribution in [0.5, 0.6) is 0 Å². The van der Waals surface area contributed by atoms with Crippen LogP contribution in [0.25, 0.3) is 0 Å². The minimum Gasteiger partial charge on any atom is -0.351 e. The van der Waals surface area contributed by atoms with E-state index in [2.05, 4.69) is 11.9 Å². The number of nitrogens with zero attached hydrogens (tertiary/aromatic N) is 1. The number of sulfonamides is 1. The zero-order valence-electron chi connectivity index (χ0n) is 10.4. The lowest BCUT2D eigenvalue weighted by Gasteiger charge is -2.32. The Morgan fingerprint density at radius 1 is 1.47 bits per heavy atom. The molecule has 1 N–H and O–H groups in total. The van der Waals surface area contributed by atoms with Crippen LogP contribution in [0.15, 0.2) is 12.2 Å². The summed E-state index contributed by atoms with van der Waals surface area (Å²) in [6.07, 6.45) is 3.45. The van der Waals surface area contributed by atoms with Crippen molar-refractivity contribution >= 4 is 15.9 Å². The van der Waals surface area contributed by atoms with E-state index < -0.39 is 16.1 Å². The van der Waals surface area contributed by atoms with Crippen molar-refractivity contribution in [3.05, 3.63) is 12.2 Å². The van der Waals surface area contributed by atoms with Gasteiger partial charge in [0.25, 0.3) is 0 Å². The van der Waals surface area contributed by atoms with E-state index in [1.165, 1.54) is 4.31 Å². The Bertz CT molecular complexity index is 403. The average molecular weight is 260 g/mol. The van der Waals surface area contributed by atoms with Crippen LogP contribution < -0.4 is 5.32 Å². The van der Waals surface area contributed by atoms with Crippen molar-refractivity contribution in [1.82, 2.24) is 9.62 Å². The van der Waals surface area contributed by atoms with Crippen molar-refractivity contribution in [3.8, 4) is 0 Å². The van der Waals surface area contributed by atoms with E-state index in [0.29, 0.717) is 19.5 Å². The molecule has 5 nitrogen and oxygen atoms in total. The number of nitrogens with one attached hydrogen (secondary N) is 1. The quantitative estimate of drug-likeness (QED) is 0.748. The van der Waals surface area contributed by atoms with E-state index in [-0.39, 0.29) is 5.91 Å². The van der Waals surface area contributed by atoms with Gasteiger partial charge in [0.1, 0.15) is 6.04 Å². The molecule has 0 bridgehead atoms. The van der Waals surface area contributed by atoms with E-state index in [9.17, 15) is 13.2 Å². The molecule has 6 heteroatoms. The van der Waals surface area contributed by atoms with E-state index in [4.69, 9.17) is 0 Å². The number of hydrogen-bond donors (Lipinski definition) is 1. The third kappa shape index (κ3) is 4.12. The lowest BCUT2D eigenvalue weighted by molar-refractivity contribution is -0.125. The highest BCUT2D eigenvalue weighted by atomic mass is 32.2. The molecule has 0 saturated carbocycles. The highest BCUT2D eigenvalue weighted by molar-refractivity contribution is 7.88. The molecule has 1 rings (SSSR count). The second-order valence-electron chi connectivity index (χ2n) is 4.56. The van der Waals surface area contributed by atoms with Crippen LogP contribution >= 0.6 is 0 Å². The Labute approximate surface area is 103 Å². The Kier molecular flexibility index (Phi) is 4.70. The molecule has 0 radical (unpaired) electrons. The number of amides is 1. The largest absolute Gasteiger partial charge is 0.351 e. The third-order valence-electron chi connectivity index (χ3n) is 2.75. The summed E-state index contributed by atoms with van der Waals surface area (Å²) in [6, 6.07) is -0.557. The zero-order chi connectivity index (χ0) is 13.1. The predicted octanol–water partition coefficient (Wildman–Crippen LogP) is 0.493. The van der Waals surface area contributed by atoms with Crippen LogP contribution in [0, 0.1) is 0 Å². The predicted molar refractivity (Wildman–Crippen MR) is 67.0 cm³/mol. The molecule has 1 heterocycles. The van der Waals surface area contributed by atoms with Crippen LogP contribution in [-0.2, 0) is 14.8 Å². The summed E-state index contributed by atoms with van der Waals surface area (Å²) >= 11 is 0. The van der Waals surface area contributed by atoms with Crippen LogP contribution in [-0.4, -0.2) is 44.0 Å². The van der Waals surface area contributed by atoms with Gasteiger partial charge in [0, 0.05) is 13.1 Å². The number of piperidine rings is 1. The molecule has 1 atom stereocenters. The van der Waals surface area contributed by atoms with Crippen molar-refractivity contribution in [2.45, 2.75) is 32.2 Å². The van der Waals surface area contributed by atoms with Gasteiger partial charge in [0.05, 0.1) is 6.26 Å². The first-order valence-electron chi connectivity index (χ1n) is 5.71. The highest BCUT2D eigenvalue weighted by Crippen LogP contribution is 2.19. The second kappa shape index (κ2) is 5.64. The normalized spacial score (nSPS) is 22.1. The first kappa shape index (κ1) is 14.2. The van der Waals surface area contributed by atoms with Gasteiger partial charge in [-0.05, 0) is 19.8 Å². The van der Waals surface area contributed by atoms with Crippen molar-refractivity contribution in [2.75, 3.05) is 19.3 Å². The number of hydrogen-bond acceptors (Lipinski definition) is 3. The molecule has 17 heavy (non-hydrogen) atoms. The maximum absolute atomic E-state index is 11.9. The van der Waals surface area contributed by atoms with Gasteiger partial charge in [-0.1, -0.05) is 18.6 Å². The fourth-order valence-electron chi connectivity index (χ4n) is 1.92. The maximum Gasteiger partial charge on any atom is 0.238 e. The van der Waals surface area contributed by atoms with Crippen LogP contribution in [0.2, 0.25) is 0 Å². The van der Waals surface area contributed by atoms with Crippen LogP contribution in [0.1, 0.15) is 26.2 Å². The number of carbonyl (C=O) groups excluding carboxylic acids is 1. The third-order valence-corrected chi connectivity index (χ3v) is 4.04. The van der Waals surface area contributed by atoms with Crippen molar-refractivity contribution in [2.24, 2.45) is 0 Å². The molecule has 0 spiro atoms. The Hall–Kier alpha value is -0.880.